The molecule has 3 aromatic rings. The maximum atomic E-state index is 6.63. The molecule has 0 spiro atoms. The lowest BCUT2D eigenvalue weighted by Crippen LogP contribution is -3.14. The summed E-state index contributed by atoms with van der Waals surface area (Å²) in [4.78, 5) is 1.38. The third-order valence-electron chi connectivity index (χ3n) is 6.01. The summed E-state index contributed by atoms with van der Waals surface area (Å²) in [5.41, 5.74) is 3.04. The minimum atomic E-state index is 0.0698. The van der Waals surface area contributed by atoms with Gasteiger partial charge in [0.15, 0.2) is 12.5 Å². The van der Waals surface area contributed by atoms with Crippen LogP contribution < -0.4 is 4.90 Å². The SMILES string of the molecule is C[C@H]1C[NH+](Cn2nc(-c3ccc(C(C)(C)C)cc3)n(-c3cccc(Cl)c3Cl)c2=S)C[C@H](C)O1. The van der Waals surface area contributed by atoms with Crippen LogP contribution in [0.2, 0.25) is 10.0 Å². The van der Waals surface area contributed by atoms with E-state index in [0.717, 1.165) is 30.2 Å². The van der Waals surface area contributed by atoms with Gasteiger partial charge in [0.05, 0.1) is 15.7 Å². The molecule has 1 fully saturated rings. The molecule has 33 heavy (non-hydrogen) atoms. The Balaban J connectivity index is 1.82. The normalized spacial score (nSPS) is 21.4. The average Bonchev–Trinajstić information content (AvgIpc) is 3.05. The Hall–Kier alpha value is -1.70. The third kappa shape index (κ3) is 5.20. The van der Waals surface area contributed by atoms with Crippen molar-refractivity contribution in [2.24, 2.45) is 0 Å². The van der Waals surface area contributed by atoms with Gasteiger partial charge in [-0.1, -0.05) is 74.3 Å². The zero-order valence-corrected chi connectivity index (χ0v) is 22.1. The molecule has 2 atom stereocenters. The van der Waals surface area contributed by atoms with E-state index >= 15 is 0 Å². The number of ether oxygens (including phenoxy) is 1. The average molecular weight is 507 g/mol. The molecule has 0 aliphatic carbocycles. The highest BCUT2D eigenvalue weighted by atomic mass is 35.5. The quantitative estimate of drug-likeness (QED) is 0.487. The lowest BCUT2D eigenvalue weighted by atomic mass is 9.87. The maximum absolute atomic E-state index is 6.63. The van der Waals surface area contributed by atoms with Crippen LogP contribution in [0.15, 0.2) is 42.5 Å². The van der Waals surface area contributed by atoms with Crippen molar-refractivity contribution in [3.63, 3.8) is 0 Å². The summed E-state index contributed by atoms with van der Waals surface area (Å²) in [5, 5.41) is 5.92. The van der Waals surface area contributed by atoms with E-state index in [1.807, 2.05) is 21.4 Å². The van der Waals surface area contributed by atoms with Crippen molar-refractivity contribution in [2.75, 3.05) is 13.1 Å². The van der Waals surface area contributed by atoms with E-state index in [9.17, 15) is 0 Å². The smallest absolute Gasteiger partial charge is 0.207 e. The van der Waals surface area contributed by atoms with Gasteiger partial charge in [0.25, 0.3) is 0 Å². The molecule has 0 bridgehead atoms. The number of rotatable bonds is 4. The Morgan fingerprint density at radius 1 is 1.06 bits per heavy atom. The van der Waals surface area contributed by atoms with Crippen LogP contribution in [0.4, 0.5) is 0 Å². The van der Waals surface area contributed by atoms with Gasteiger partial charge >= 0.3 is 0 Å². The summed E-state index contributed by atoms with van der Waals surface area (Å²) >= 11 is 18.9. The largest absolute Gasteiger partial charge is 0.364 e. The molecule has 0 saturated carbocycles. The number of morpholine rings is 1. The van der Waals surface area contributed by atoms with Gasteiger partial charge < -0.3 is 9.64 Å². The number of benzene rings is 2. The highest BCUT2D eigenvalue weighted by molar-refractivity contribution is 7.71. The van der Waals surface area contributed by atoms with Gasteiger partial charge in [-0.15, -0.1) is 5.10 Å². The van der Waals surface area contributed by atoms with Crippen LogP contribution >= 0.6 is 35.4 Å². The minimum Gasteiger partial charge on any atom is -0.364 e. The summed E-state index contributed by atoms with van der Waals surface area (Å²) in [6.45, 7) is 13.3. The standard InChI is InChI=1S/C25H30Cl2N4OS/c1-16-13-29(14-17(2)32-16)15-30-24(33)31(21-8-6-7-20(26)22(21)27)23(28-30)18-9-11-19(12-10-18)25(3,4)5/h6-12,16-17H,13-15H2,1-5H3/p+1/t16-,17-/m0/s1. The number of aromatic nitrogens is 3. The fraction of sp³-hybridized carbons (Fsp3) is 0.440. The first-order valence-corrected chi connectivity index (χ1v) is 12.4. The Labute approximate surface area is 210 Å². The molecule has 1 N–H and O–H groups in total. The Morgan fingerprint density at radius 3 is 2.30 bits per heavy atom. The number of hydrogen-bond acceptors (Lipinski definition) is 3. The van der Waals surface area contributed by atoms with Gasteiger partial charge in [-0.05, 0) is 49.2 Å². The minimum absolute atomic E-state index is 0.0698. The van der Waals surface area contributed by atoms with Gasteiger partial charge in [-0.25, -0.2) is 0 Å². The molecule has 1 aliphatic heterocycles. The second-order valence-corrected chi connectivity index (χ2v) is 11.1. The van der Waals surface area contributed by atoms with Crippen molar-refractivity contribution >= 4 is 35.4 Å². The number of hydrogen-bond donors (Lipinski definition) is 1. The van der Waals surface area contributed by atoms with Crippen LogP contribution in [0.1, 0.15) is 40.2 Å². The molecule has 0 amide bonds. The number of nitrogens with one attached hydrogen (secondary N) is 1. The molecule has 8 heteroatoms. The van der Waals surface area contributed by atoms with Crippen LogP contribution in [-0.2, 0) is 16.8 Å². The van der Waals surface area contributed by atoms with Crippen molar-refractivity contribution in [2.45, 2.75) is 58.9 Å². The molecule has 1 aromatic heterocycles. The summed E-state index contributed by atoms with van der Waals surface area (Å²) in [6, 6.07) is 14.1. The highest BCUT2D eigenvalue weighted by Gasteiger charge is 2.27. The summed E-state index contributed by atoms with van der Waals surface area (Å²) < 4.78 is 10.3. The highest BCUT2D eigenvalue weighted by Crippen LogP contribution is 2.33. The Morgan fingerprint density at radius 2 is 1.70 bits per heavy atom. The summed E-state index contributed by atoms with van der Waals surface area (Å²) in [6.07, 6.45) is 0.401. The first-order chi connectivity index (χ1) is 15.5. The number of nitrogens with zero attached hydrogens (tertiary/aromatic N) is 3. The molecule has 0 unspecified atom stereocenters. The molecule has 5 nitrogen and oxygen atoms in total. The maximum Gasteiger partial charge on any atom is 0.207 e. The van der Waals surface area contributed by atoms with Crippen molar-refractivity contribution in [1.82, 2.24) is 14.3 Å². The molecule has 0 radical (unpaired) electrons. The second kappa shape index (κ2) is 9.51. The molecule has 2 heterocycles. The van der Waals surface area contributed by atoms with Gasteiger partial charge in [-0.3, -0.25) is 4.57 Å². The molecule has 2 aromatic carbocycles. The topological polar surface area (TPSA) is 36.4 Å². The Bertz CT molecular complexity index is 1190. The van der Waals surface area contributed by atoms with Crippen LogP contribution in [0.5, 0.6) is 0 Å². The van der Waals surface area contributed by atoms with Gasteiger partial charge in [0.1, 0.15) is 25.3 Å². The van der Waals surface area contributed by atoms with Gasteiger partial charge in [-0.2, -0.15) is 4.68 Å². The van der Waals surface area contributed by atoms with Crippen molar-refractivity contribution in [3.05, 3.63) is 62.8 Å². The first kappa shape index (κ1) is 24.4. The van der Waals surface area contributed by atoms with Crippen LogP contribution in [0.3, 0.4) is 0 Å². The fourth-order valence-corrected chi connectivity index (χ4v) is 5.10. The zero-order chi connectivity index (χ0) is 23.9. The molecular weight excluding hydrogens is 475 g/mol. The van der Waals surface area contributed by atoms with E-state index in [1.54, 1.807) is 6.07 Å². The third-order valence-corrected chi connectivity index (χ3v) is 7.21. The predicted octanol–water partition coefficient (Wildman–Crippen LogP) is 5.32. The summed E-state index contributed by atoms with van der Waals surface area (Å²) in [7, 11) is 0. The molecule has 176 valence electrons. The monoisotopic (exact) mass is 505 g/mol. The van der Waals surface area contributed by atoms with Crippen LogP contribution in [0, 0.1) is 4.77 Å². The van der Waals surface area contributed by atoms with Crippen molar-refractivity contribution in [3.8, 4) is 17.1 Å². The lowest BCUT2D eigenvalue weighted by Gasteiger charge is -2.32. The van der Waals surface area contributed by atoms with E-state index in [0.29, 0.717) is 21.5 Å². The molecule has 1 saturated heterocycles. The zero-order valence-electron chi connectivity index (χ0n) is 19.7. The van der Waals surface area contributed by atoms with Gasteiger partial charge in [0.2, 0.25) is 4.77 Å². The van der Waals surface area contributed by atoms with Gasteiger partial charge in [0, 0.05) is 5.56 Å². The van der Waals surface area contributed by atoms with E-state index < -0.39 is 0 Å². The van der Waals surface area contributed by atoms with E-state index in [4.69, 9.17) is 45.3 Å². The first-order valence-electron chi connectivity index (χ1n) is 11.3. The van der Waals surface area contributed by atoms with E-state index in [2.05, 4.69) is 58.9 Å². The van der Waals surface area contributed by atoms with Crippen molar-refractivity contribution in [1.29, 1.82) is 0 Å². The van der Waals surface area contributed by atoms with Crippen LogP contribution in [0.25, 0.3) is 17.1 Å². The Kier molecular flexibility index (Phi) is 7.04. The second-order valence-electron chi connectivity index (χ2n) is 9.92. The van der Waals surface area contributed by atoms with E-state index in [1.165, 1.54) is 10.5 Å². The number of quaternary nitrogens is 1. The molecule has 4 rings (SSSR count). The number of halogens is 2. The van der Waals surface area contributed by atoms with E-state index in [-0.39, 0.29) is 17.6 Å². The molecule has 1 aliphatic rings. The summed E-state index contributed by atoms with van der Waals surface area (Å²) in [5.74, 6) is 0.749. The lowest BCUT2D eigenvalue weighted by molar-refractivity contribution is -0.937. The predicted molar refractivity (Wildman–Crippen MR) is 137 cm³/mol. The fourth-order valence-electron chi connectivity index (χ4n) is 4.43. The van der Waals surface area contributed by atoms with Crippen LogP contribution in [-0.4, -0.2) is 39.6 Å². The molecular formula is C25H31Cl2N4OS+. The van der Waals surface area contributed by atoms with Crippen molar-refractivity contribution < 1.29 is 9.64 Å².